The fourth-order valence-electron chi connectivity index (χ4n) is 2.86. The van der Waals surface area contributed by atoms with Gasteiger partial charge in [0.25, 0.3) is 5.91 Å². The van der Waals surface area contributed by atoms with Crippen molar-refractivity contribution < 1.29 is 18.7 Å². The number of methoxy groups -OCH3 is 2. The number of carbonyl (C=O) groups is 1. The Morgan fingerprint density at radius 2 is 1.87 bits per heavy atom. The summed E-state index contributed by atoms with van der Waals surface area (Å²) in [6.45, 7) is 0. The average molecular weight is 411 g/mol. The van der Waals surface area contributed by atoms with Gasteiger partial charge in [0, 0.05) is 31.2 Å². The number of aromatic nitrogens is 3. The monoisotopic (exact) mass is 411 g/mol. The zero-order chi connectivity index (χ0) is 21.5. The first-order valence-corrected chi connectivity index (χ1v) is 9.21. The molecule has 156 valence electrons. The number of amides is 1. The third kappa shape index (κ3) is 4.80. The van der Waals surface area contributed by atoms with Crippen LogP contribution in [0.2, 0.25) is 0 Å². The third-order valence-electron chi connectivity index (χ3n) is 4.42. The van der Waals surface area contributed by atoms with Gasteiger partial charge < -0.3 is 20.1 Å². The fraction of sp³-hybridized carbons (Fsp3) is 0.238. The lowest BCUT2D eigenvalue weighted by atomic mass is 10.0. The molecule has 0 unspecified atom stereocenters. The molecule has 3 aromatic rings. The minimum Gasteiger partial charge on any atom is -0.494 e. The standard InChI is InChI=1S/C21H22FN5O3/c1-23-19(28)15-9-14(18(22)17(10-15)29-2)7-6-13-11-25-21(26-12-13)27-16-5-4-8-24-20(16)30-3/h4-5,8-12H,6-7H2,1-3H3,(H,23,28)(H,25,26,27). The van der Waals surface area contributed by atoms with E-state index in [9.17, 15) is 9.18 Å². The zero-order valence-corrected chi connectivity index (χ0v) is 16.9. The topological polar surface area (TPSA) is 98.3 Å². The van der Waals surface area contributed by atoms with Crippen molar-refractivity contribution in [3.63, 3.8) is 0 Å². The Hall–Kier alpha value is -3.75. The second-order valence-electron chi connectivity index (χ2n) is 6.33. The summed E-state index contributed by atoms with van der Waals surface area (Å²) in [5, 5.41) is 5.57. The lowest BCUT2D eigenvalue weighted by molar-refractivity contribution is 0.0962. The molecule has 2 heterocycles. The largest absolute Gasteiger partial charge is 0.494 e. The molecule has 0 bridgehead atoms. The van der Waals surface area contributed by atoms with Crippen molar-refractivity contribution in [2.45, 2.75) is 12.8 Å². The number of halogens is 1. The number of nitrogens with one attached hydrogen (secondary N) is 2. The number of hydrogen-bond acceptors (Lipinski definition) is 7. The van der Waals surface area contributed by atoms with Crippen molar-refractivity contribution in [3.05, 3.63) is 65.4 Å². The number of nitrogens with zero attached hydrogens (tertiary/aromatic N) is 3. The maximum absolute atomic E-state index is 14.6. The minimum atomic E-state index is -0.479. The normalized spacial score (nSPS) is 10.4. The molecule has 0 aliphatic carbocycles. The van der Waals surface area contributed by atoms with Crippen LogP contribution in [0, 0.1) is 5.82 Å². The van der Waals surface area contributed by atoms with E-state index in [1.165, 1.54) is 33.4 Å². The van der Waals surface area contributed by atoms with Gasteiger partial charge in [-0.1, -0.05) is 0 Å². The number of hydrogen-bond donors (Lipinski definition) is 2. The number of carbonyl (C=O) groups excluding carboxylic acids is 1. The van der Waals surface area contributed by atoms with E-state index in [0.29, 0.717) is 41.5 Å². The Kier molecular flexibility index (Phi) is 6.74. The fourth-order valence-corrected chi connectivity index (χ4v) is 2.86. The smallest absolute Gasteiger partial charge is 0.251 e. The van der Waals surface area contributed by atoms with Gasteiger partial charge >= 0.3 is 0 Å². The van der Waals surface area contributed by atoms with Crippen LogP contribution in [-0.4, -0.2) is 42.1 Å². The summed E-state index contributed by atoms with van der Waals surface area (Å²) in [5.74, 6) is 0.0737. The minimum absolute atomic E-state index is 0.0346. The molecular weight excluding hydrogens is 389 g/mol. The van der Waals surface area contributed by atoms with Crippen LogP contribution in [0.25, 0.3) is 0 Å². The first-order chi connectivity index (χ1) is 14.5. The molecule has 0 saturated carbocycles. The molecule has 2 N–H and O–H groups in total. The van der Waals surface area contributed by atoms with Crippen LogP contribution >= 0.6 is 0 Å². The van der Waals surface area contributed by atoms with Crippen LogP contribution in [0.15, 0.2) is 42.9 Å². The van der Waals surface area contributed by atoms with Crippen molar-refractivity contribution in [2.75, 3.05) is 26.6 Å². The molecule has 0 fully saturated rings. The maximum atomic E-state index is 14.6. The van der Waals surface area contributed by atoms with Crippen molar-refractivity contribution in [2.24, 2.45) is 0 Å². The third-order valence-corrected chi connectivity index (χ3v) is 4.42. The number of benzene rings is 1. The Morgan fingerprint density at radius 3 is 2.53 bits per heavy atom. The number of ether oxygens (including phenoxy) is 2. The van der Waals surface area contributed by atoms with E-state index in [1.807, 2.05) is 0 Å². The van der Waals surface area contributed by atoms with Crippen molar-refractivity contribution in [1.82, 2.24) is 20.3 Å². The van der Waals surface area contributed by atoms with Crippen LogP contribution in [0.4, 0.5) is 16.0 Å². The molecule has 30 heavy (non-hydrogen) atoms. The lowest BCUT2D eigenvalue weighted by Gasteiger charge is -2.11. The van der Waals surface area contributed by atoms with E-state index in [-0.39, 0.29) is 11.7 Å². The summed E-state index contributed by atoms with van der Waals surface area (Å²) in [7, 11) is 4.42. The highest BCUT2D eigenvalue weighted by molar-refractivity contribution is 5.94. The molecular formula is C21H22FN5O3. The Morgan fingerprint density at radius 1 is 1.10 bits per heavy atom. The van der Waals surface area contributed by atoms with Crippen LogP contribution in [-0.2, 0) is 12.8 Å². The summed E-state index contributed by atoms with van der Waals surface area (Å²) in [6.07, 6.45) is 5.81. The second-order valence-corrected chi connectivity index (χ2v) is 6.33. The molecule has 0 aliphatic heterocycles. The van der Waals surface area contributed by atoms with E-state index in [4.69, 9.17) is 9.47 Å². The molecule has 0 aliphatic rings. The van der Waals surface area contributed by atoms with Gasteiger partial charge in [0.05, 0.1) is 14.2 Å². The number of rotatable bonds is 8. The van der Waals surface area contributed by atoms with Crippen molar-refractivity contribution in [3.8, 4) is 11.6 Å². The molecule has 1 aromatic carbocycles. The van der Waals surface area contributed by atoms with Gasteiger partial charge in [-0.05, 0) is 48.2 Å². The van der Waals surface area contributed by atoms with Crippen LogP contribution in [0.1, 0.15) is 21.5 Å². The Labute approximate surface area is 173 Å². The zero-order valence-electron chi connectivity index (χ0n) is 16.9. The van der Waals surface area contributed by atoms with Gasteiger partial charge in [-0.15, -0.1) is 0 Å². The van der Waals surface area contributed by atoms with Crippen molar-refractivity contribution >= 4 is 17.5 Å². The highest BCUT2D eigenvalue weighted by atomic mass is 19.1. The molecule has 1 amide bonds. The second kappa shape index (κ2) is 9.64. The molecule has 0 saturated heterocycles. The first kappa shape index (κ1) is 21.0. The predicted octanol–water partition coefficient (Wildman–Crippen LogP) is 2.92. The molecule has 3 rings (SSSR count). The summed E-state index contributed by atoms with van der Waals surface area (Å²) < 4.78 is 24.8. The number of aryl methyl sites for hydroxylation is 2. The van der Waals surface area contributed by atoms with Gasteiger partial charge in [-0.2, -0.15) is 0 Å². The van der Waals surface area contributed by atoms with E-state index in [1.54, 1.807) is 30.7 Å². The van der Waals surface area contributed by atoms with Crippen molar-refractivity contribution in [1.29, 1.82) is 0 Å². The SMILES string of the molecule is CNC(=O)c1cc(CCc2cnc(Nc3cccnc3OC)nc2)c(F)c(OC)c1. The summed E-state index contributed by atoms with van der Waals surface area (Å²) >= 11 is 0. The van der Waals surface area contributed by atoms with Gasteiger partial charge in [-0.3, -0.25) is 4.79 Å². The van der Waals surface area contributed by atoms with Crippen LogP contribution in [0.3, 0.4) is 0 Å². The lowest BCUT2D eigenvalue weighted by Crippen LogP contribution is -2.18. The molecule has 9 heteroatoms. The van der Waals surface area contributed by atoms with Gasteiger partial charge in [0.1, 0.15) is 5.69 Å². The molecule has 0 radical (unpaired) electrons. The Bertz CT molecular complexity index is 1030. The molecule has 0 spiro atoms. The molecule has 0 atom stereocenters. The highest BCUT2D eigenvalue weighted by Crippen LogP contribution is 2.25. The quantitative estimate of drug-likeness (QED) is 0.588. The highest BCUT2D eigenvalue weighted by Gasteiger charge is 2.15. The number of anilines is 2. The van der Waals surface area contributed by atoms with Gasteiger partial charge in [0.2, 0.25) is 11.8 Å². The van der Waals surface area contributed by atoms with Crippen LogP contribution < -0.4 is 20.1 Å². The van der Waals surface area contributed by atoms with Gasteiger partial charge in [-0.25, -0.2) is 19.3 Å². The van der Waals surface area contributed by atoms with E-state index < -0.39 is 5.82 Å². The predicted molar refractivity (Wildman–Crippen MR) is 110 cm³/mol. The first-order valence-electron chi connectivity index (χ1n) is 9.21. The summed E-state index contributed by atoms with van der Waals surface area (Å²) in [4.78, 5) is 24.6. The maximum Gasteiger partial charge on any atom is 0.251 e. The van der Waals surface area contributed by atoms with E-state index in [0.717, 1.165) is 5.56 Å². The average Bonchev–Trinajstić information content (AvgIpc) is 2.79. The van der Waals surface area contributed by atoms with E-state index >= 15 is 0 Å². The van der Waals surface area contributed by atoms with Crippen LogP contribution in [0.5, 0.6) is 11.6 Å². The Balaban J connectivity index is 1.71. The molecule has 2 aromatic heterocycles. The summed E-state index contributed by atoms with van der Waals surface area (Å²) in [6, 6.07) is 6.49. The molecule has 8 nitrogen and oxygen atoms in total. The van der Waals surface area contributed by atoms with Gasteiger partial charge in [0.15, 0.2) is 11.6 Å². The number of pyridine rings is 1. The van der Waals surface area contributed by atoms with E-state index in [2.05, 4.69) is 25.6 Å². The summed E-state index contributed by atoms with van der Waals surface area (Å²) in [5.41, 5.74) is 2.19.